The summed E-state index contributed by atoms with van der Waals surface area (Å²) in [7, 11) is 0. The Morgan fingerprint density at radius 3 is 2.76 bits per heavy atom. The highest BCUT2D eigenvalue weighted by Crippen LogP contribution is 2.33. The monoisotopic (exact) mass is 416 g/mol. The number of likely N-dealkylation sites (tertiary alicyclic amines) is 1. The Bertz CT molecular complexity index is 934. The van der Waals surface area contributed by atoms with Gasteiger partial charge in [0.2, 0.25) is 0 Å². The predicted molar refractivity (Wildman–Crippen MR) is 109 cm³/mol. The van der Waals surface area contributed by atoms with Crippen molar-refractivity contribution in [2.45, 2.75) is 38.3 Å². The number of nitrogens with one attached hydrogen (secondary N) is 1. The Balaban J connectivity index is 1.40. The molecule has 0 radical (unpaired) electrons. The predicted octanol–water partition coefficient (Wildman–Crippen LogP) is 4.05. The fourth-order valence-electron chi connectivity index (χ4n) is 4.13. The highest BCUT2D eigenvalue weighted by Gasteiger charge is 2.40. The van der Waals surface area contributed by atoms with Crippen molar-refractivity contribution in [3.05, 3.63) is 58.9 Å². The maximum Gasteiger partial charge on any atom is 0.275 e. The Morgan fingerprint density at radius 2 is 2.03 bits per heavy atom. The molecule has 2 unspecified atom stereocenters. The van der Waals surface area contributed by atoms with Crippen LogP contribution in [-0.4, -0.2) is 35.4 Å². The molecule has 2 aromatic rings. The molecule has 2 aliphatic rings. The van der Waals surface area contributed by atoms with Crippen molar-refractivity contribution >= 4 is 29.1 Å². The molecule has 0 spiro atoms. The van der Waals surface area contributed by atoms with E-state index in [0.717, 1.165) is 24.8 Å². The van der Waals surface area contributed by atoms with Crippen LogP contribution in [0, 0.1) is 11.7 Å². The maximum absolute atomic E-state index is 13.1. The molecule has 1 fully saturated rings. The van der Waals surface area contributed by atoms with Crippen molar-refractivity contribution in [3.8, 4) is 5.75 Å². The number of rotatable bonds is 3. The van der Waals surface area contributed by atoms with Gasteiger partial charge in [-0.2, -0.15) is 0 Å². The second-order valence-electron chi connectivity index (χ2n) is 7.73. The number of benzene rings is 2. The number of hydrogen-bond donors (Lipinski definition) is 1. The minimum absolute atomic E-state index is 0.00952. The first kappa shape index (κ1) is 19.7. The molecule has 0 aliphatic carbocycles. The van der Waals surface area contributed by atoms with Gasteiger partial charge in [-0.1, -0.05) is 23.7 Å². The minimum atomic E-state index is -1.19. The van der Waals surface area contributed by atoms with Gasteiger partial charge in [0.05, 0.1) is 5.69 Å². The third-order valence-electron chi connectivity index (χ3n) is 5.61. The Morgan fingerprint density at radius 1 is 1.28 bits per heavy atom. The van der Waals surface area contributed by atoms with Crippen LogP contribution < -0.4 is 10.1 Å². The molecular formula is C22H22ClFN2O3. The molecule has 29 heavy (non-hydrogen) atoms. The van der Waals surface area contributed by atoms with Crippen LogP contribution in [-0.2, 0) is 16.0 Å². The summed E-state index contributed by atoms with van der Waals surface area (Å²) in [5.41, 5.74) is 1.56. The first-order valence-corrected chi connectivity index (χ1v) is 10.1. The highest BCUT2D eigenvalue weighted by atomic mass is 35.5. The van der Waals surface area contributed by atoms with Crippen LogP contribution in [0.3, 0.4) is 0 Å². The van der Waals surface area contributed by atoms with E-state index in [9.17, 15) is 14.0 Å². The van der Waals surface area contributed by atoms with Gasteiger partial charge in [0.25, 0.3) is 17.9 Å². The average Bonchev–Trinajstić information content (AvgIpc) is 2.69. The summed E-state index contributed by atoms with van der Waals surface area (Å²) in [4.78, 5) is 27.2. The third kappa shape index (κ3) is 4.22. The zero-order valence-corrected chi connectivity index (χ0v) is 16.8. The SMILES string of the molecule is C[C@@H]1CC(Cc2ccc(F)cc2)CCN1C(=O)C1Oc2ccc(Cl)cc2NC1=O. The summed E-state index contributed by atoms with van der Waals surface area (Å²) in [5, 5.41) is 3.19. The molecule has 0 saturated carbocycles. The van der Waals surface area contributed by atoms with E-state index in [0.29, 0.717) is 28.9 Å². The van der Waals surface area contributed by atoms with E-state index in [4.69, 9.17) is 16.3 Å². The molecule has 152 valence electrons. The Hall–Kier alpha value is -2.60. The quantitative estimate of drug-likeness (QED) is 0.768. The number of ether oxygens (including phenoxy) is 1. The van der Waals surface area contributed by atoms with Gasteiger partial charge in [-0.25, -0.2) is 4.39 Å². The van der Waals surface area contributed by atoms with E-state index in [-0.39, 0.29) is 17.8 Å². The lowest BCUT2D eigenvalue weighted by atomic mass is 9.86. The summed E-state index contributed by atoms with van der Waals surface area (Å²) in [5.74, 6) is -0.201. The number of nitrogens with zero attached hydrogens (tertiary/aromatic N) is 1. The summed E-state index contributed by atoms with van der Waals surface area (Å²) in [6, 6.07) is 11.5. The van der Waals surface area contributed by atoms with Crippen LogP contribution in [0.1, 0.15) is 25.3 Å². The molecule has 1 N–H and O–H groups in total. The van der Waals surface area contributed by atoms with Crippen molar-refractivity contribution in [1.29, 1.82) is 0 Å². The van der Waals surface area contributed by atoms with Gasteiger partial charge in [-0.05, 0) is 68.0 Å². The first-order chi connectivity index (χ1) is 13.9. The topological polar surface area (TPSA) is 58.6 Å². The molecule has 5 nitrogen and oxygen atoms in total. The van der Waals surface area contributed by atoms with Crippen LogP contribution in [0.15, 0.2) is 42.5 Å². The Kier molecular flexibility index (Phi) is 5.46. The van der Waals surface area contributed by atoms with Crippen molar-refractivity contribution in [2.24, 2.45) is 5.92 Å². The second-order valence-corrected chi connectivity index (χ2v) is 8.17. The lowest BCUT2D eigenvalue weighted by Gasteiger charge is -2.39. The molecule has 0 bridgehead atoms. The first-order valence-electron chi connectivity index (χ1n) is 9.72. The van der Waals surface area contributed by atoms with Crippen LogP contribution in [0.2, 0.25) is 5.02 Å². The molecular weight excluding hydrogens is 395 g/mol. The van der Waals surface area contributed by atoms with Crippen molar-refractivity contribution in [2.75, 3.05) is 11.9 Å². The van der Waals surface area contributed by atoms with Crippen molar-refractivity contribution in [3.63, 3.8) is 0 Å². The van der Waals surface area contributed by atoms with Gasteiger partial charge >= 0.3 is 0 Å². The van der Waals surface area contributed by atoms with Crippen LogP contribution >= 0.6 is 11.6 Å². The number of piperidine rings is 1. The lowest BCUT2D eigenvalue weighted by molar-refractivity contribution is -0.148. The number of anilines is 1. The average molecular weight is 417 g/mol. The van der Waals surface area contributed by atoms with Crippen molar-refractivity contribution < 1.29 is 18.7 Å². The van der Waals surface area contributed by atoms with Crippen LogP contribution in [0.25, 0.3) is 0 Å². The summed E-state index contributed by atoms with van der Waals surface area (Å²) in [6.07, 6.45) is 1.30. The molecule has 0 aromatic heterocycles. The van der Waals surface area contributed by atoms with E-state index in [1.54, 1.807) is 35.2 Å². The fourth-order valence-corrected chi connectivity index (χ4v) is 4.30. The number of carbonyl (C=O) groups is 2. The summed E-state index contributed by atoms with van der Waals surface area (Å²) in [6.45, 7) is 2.55. The van der Waals surface area contributed by atoms with Gasteiger partial charge in [0.15, 0.2) is 0 Å². The largest absolute Gasteiger partial charge is 0.468 e. The number of carbonyl (C=O) groups excluding carboxylic acids is 2. The number of hydrogen-bond acceptors (Lipinski definition) is 3. The summed E-state index contributed by atoms with van der Waals surface area (Å²) < 4.78 is 18.8. The lowest BCUT2D eigenvalue weighted by Crippen LogP contribution is -2.54. The van der Waals surface area contributed by atoms with Crippen LogP contribution in [0.4, 0.5) is 10.1 Å². The zero-order valence-electron chi connectivity index (χ0n) is 16.0. The van der Waals surface area contributed by atoms with Gasteiger partial charge in [-0.15, -0.1) is 0 Å². The van der Waals surface area contributed by atoms with E-state index in [2.05, 4.69) is 5.32 Å². The van der Waals surface area contributed by atoms with E-state index in [1.807, 2.05) is 6.92 Å². The molecule has 4 rings (SSSR count). The van der Waals surface area contributed by atoms with Crippen molar-refractivity contribution in [1.82, 2.24) is 4.90 Å². The summed E-state index contributed by atoms with van der Waals surface area (Å²) >= 11 is 5.94. The molecule has 2 aliphatic heterocycles. The van der Waals surface area contributed by atoms with E-state index in [1.165, 1.54) is 12.1 Å². The molecule has 2 amide bonds. The fraction of sp³-hybridized carbons (Fsp3) is 0.364. The van der Waals surface area contributed by atoms with Crippen LogP contribution in [0.5, 0.6) is 5.75 Å². The van der Waals surface area contributed by atoms with Gasteiger partial charge in [0.1, 0.15) is 11.6 Å². The van der Waals surface area contributed by atoms with E-state index < -0.39 is 12.0 Å². The van der Waals surface area contributed by atoms with E-state index >= 15 is 0 Å². The van der Waals surface area contributed by atoms with Gasteiger partial charge in [0, 0.05) is 17.6 Å². The molecule has 3 atom stereocenters. The highest BCUT2D eigenvalue weighted by molar-refractivity contribution is 6.31. The number of halogens is 2. The Labute approximate surface area is 173 Å². The molecule has 1 saturated heterocycles. The van der Waals surface area contributed by atoms with Gasteiger partial charge in [-0.3, -0.25) is 9.59 Å². The molecule has 7 heteroatoms. The number of amides is 2. The molecule has 2 heterocycles. The van der Waals surface area contributed by atoms with Gasteiger partial charge < -0.3 is 15.0 Å². The molecule has 2 aromatic carbocycles. The number of fused-ring (bicyclic) bond motifs is 1. The normalized spacial score (nSPS) is 23.8. The maximum atomic E-state index is 13.1. The smallest absolute Gasteiger partial charge is 0.275 e. The second kappa shape index (κ2) is 8.03. The third-order valence-corrected chi connectivity index (χ3v) is 5.85. The minimum Gasteiger partial charge on any atom is -0.468 e. The standard InChI is InChI=1S/C22H22ClFN2O3/c1-13-10-15(11-14-2-5-17(24)6-3-14)8-9-26(13)22(28)20-21(27)25-18-12-16(23)4-7-19(18)29-20/h2-7,12-13,15,20H,8-11H2,1H3,(H,25,27)/t13-,15?,20?/m1/s1. The zero-order chi connectivity index (χ0) is 20.5.